The molecule has 1 unspecified atom stereocenters. The van der Waals surface area contributed by atoms with Crippen molar-refractivity contribution in [1.29, 1.82) is 0 Å². The lowest BCUT2D eigenvalue weighted by Crippen LogP contribution is -2.17. The first-order valence-corrected chi connectivity index (χ1v) is 5.12. The van der Waals surface area contributed by atoms with Crippen LogP contribution in [-0.2, 0) is 9.53 Å². The molecule has 3 heteroatoms. The van der Waals surface area contributed by atoms with Gasteiger partial charge in [0.15, 0.2) is 0 Å². The third kappa shape index (κ3) is 3.36. The summed E-state index contributed by atoms with van der Waals surface area (Å²) in [6, 6.07) is 9.53. The van der Waals surface area contributed by atoms with Crippen LogP contribution in [0.5, 0.6) is 0 Å². The van der Waals surface area contributed by atoms with E-state index in [4.69, 9.17) is 9.84 Å². The molecule has 0 aliphatic carbocycles. The molecular formula is C12H16O3. The first-order chi connectivity index (χ1) is 7.29. The number of ether oxygens (including phenoxy) is 1. The van der Waals surface area contributed by atoms with Crippen LogP contribution in [0, 0.1) is 0 Å². The number of carbonyl (C=O) groups is 1. The van der Waals surface area contributed by atoms with Gasteiger partial charge in [0.05, 0.1) is 12.5 Å². The van der Waals surface area contributed by atoms with Gasteiger partial charge in [0.25, 0.3) is 0 Å². The van der Waals surface area contributed by atoms with Crippen LogP contribution in [-0.4, -0.2) is 24.3 Å². The van der Waals surface area contributed by atoms with Crippen LogP contribution < -0.4 is 0 Å². The summed E-state index contributed by atoms with van der Waals surface area (Å²) in [4.78, 5) is 11.6. The number of esters is 1. The summed E-state index contributed by atoms with van der Waals surface area (Å²) in [5.74, 6) is -0.490. The molecule has 0 aliphatic rings. The number of aliphatic hydroxyl groups is 1. The molecule has 1 aromatic rings. The molecule has 0 fully saturated rings. The summed E-state index contributed by atoms with van der Waals surface area (Å²) in [6.45, 7) is 1.89. The molecule has 0 aliphatic heterocycles. The minimum Gasteiger partial charge on any atom is -0.463 e. The van der Waals surface area contributed by atoms with E-state index in [0.717, 1.165) is 5.56 Å². The standard InChI is InChI=1S/C12H16O3/c1-2-11(12(14)15-9-8-13)10-6-4-3-5-7-10/h3-7,11,13H,2,8-9H2,1H3. The molecule has 0 radical (unpaired) electrons. The van der Waals surface area contributed by atoms with E-state index < -0.39 is 0 Å². The van der Waals surface area contributed by atoms with Crippen molar-refractivity contribution in [1.82, 2.24) is 0 Å². The van der Waals surface area contributed by atoms with Crippen molar-refractivity contribution in [2.75, 3.05) is 13.2 Å². The topological polar surface area (TPSA) is 46.5 Å². The van der Waals surface area contributed by atoms with E-state index in [-0.39, 0.29) is 25.1 Å². The average Bonchev–Trinajstić information content (AvgIpc) is 2.29. The van der Waals surface area contributed by atoms with E-state index >= 15 is 0 Å². The highest BCUT2D eigenvalue weighted by molar-refractivity contribution is 5.78. The van der Waals surface area contributed by atoms with Crippen LogP contribution >= 0.6 is 0 Å². The molecule has 0 bridgehead atoms. The second-order valence-electron chi connectivity index (χ2n) is 3.26. The van der Waals surface area contributed by atoms with Gasteiger partial charge in [-0.15, -0.1) is 0 Å². The Morgan fingerprint density at radius 1 is 1.40 bits per heavy atom. The maximum atomic E-state index is 11.6. The first kappa shape index (κ1) is 11.7. The van der Waals surface area contributed by atoms with Gasteiger partial charge in [0.2, 0.25) is 0 Å². The Labute approximate surface area is 89.7 Å². The molecule has 1 rings (SSSR count). The number of benzene rings is 1. The normalized spacial score (nSPS) is 12.1. The van der Waals surface area contributed by atoms with Crippen molar-refractivity contribution in [3.05, 3.63) is 35.9 Å². The molecule has 0 aromatic heterocycles. The third-order valence-electron chi connectivity index (χ3n) is 2.23. The minimum absolute atomic E-state index is 0.0716. The largest absolute Gasteiger partial charge is 0.463 e. The van der Waals surface area contributed by atoms with Gasteiger partial charge >= 0.3 is 5.97 Å². The fraction of sp³-hybridized carbons (Fsp3) is 0.417. The van der Waals surface area contributed by atoms with Gasteiger partial charge in [-0.1, -0.05) is 37.3 Å². The Hall–Kier alpha value is -1.35. The van der Waals surface area contributed by atoms with Crippen molar-refractivity contribution < 1.29 is 14.6 Å². The molecule has 3 nitrogen and oxygen atoms in total. The predicted octanol–water partition coefficient (Wildman–Crippen LogP) is 1.72. The van der Waals surface area contributed by atoms with E-state index in [1.54, 1.807) is 0 Å². The molecule has 0 spiro atoms. The van der Waals surface area contributed by atoms with E-state index in [1.807, 2.05) is 37.3 Å². The second kappa shape index (κ2) is 6.19. The van der Waals surface area contributed by atoms with Crippen molar-refractivity contribution >= 4 is 5.97 Å². The molecule has 0 amide bonds. The zero-order valence-corrected chi connectivity index (χ0v) is 8.85. The van der Waals surface area contributed by atoms with Gasteiger partial charge in [0.1, 0.15) is 6.61 Å². The lowest BCUT2D eigenvalue weighted by Gasteiger charge is -2.13. The van der Waals surface area contributed by atoms with Gasteiger partial charge in [-0.25, -0.2) is 0 Å². The van der Waals surface area contributed by atoms with Gasteiger partial charge < -0.3 is 9.84 Å². The summed E-state index contributed by atoms with van der Waals surface area (Å²) in [6.07, 6.45) is 0.703. The Balaban J connectivity index is 2.67. The summed E-state index contributed by atoms with van der Waals surface area (Å²) >= 11 is 0. The van der Waals surface area contributed by atoms with Gasteiger partial charge in [0, 0.05) is 0 Å². The van der Waals surface area contributed by atoms with Crippen LogP contribution in [0.2, 0.25) is 0 Å². The van der Waals surface area contributed by atoms with Crippen molar-refractivity contribution in [3.63, 3.8) is 0 Å². The molecule has 0 heterocycles. The average molecular weight is 208 g/mol. The second-order valence-corrected chi connectivity index (χ2v) is 3.26. The highest BCUT2D eigenvalue weighted by Gasteiger charge is 2.19. The summed E-state index contributed by atoms with van der Waals surface area (Å²) in [5.41, 5.74) is 0.961. The number of hydrogen-bond donors (Lipinski definition) is 1. The molecule has 82 valence electrons. The Morgan fingerprint density at radius 3 is 2.60 bits per heavy atom. The fourth-order valence-corrected chi connectivity index (χ4v) is 1.47. The lowest BCUT2D eigenvalue weighted by molar-refractivity contribution is -0.146. The summed E-state index contributed by atoms with van der Waals surface area (Å²) in [5, 5.41) is 8.56. The van der Waals surface area contributed by atoms with Crippen LogP contribution in [0.3, 0.4) is 0 Å². The molecule has 1 aromatic carbocycles. The van der Waals surface area contributed by atoms with E-state index in [1.165, 1.54) is 0 Å². The predicted molar refractivity (Wildman–Crippen MR) is 57.5 cm³/mol. The Morgan fingerprint density at radius 2 is 2.07 bits per heavy atom. The molecule has 0 saturated heterocycles. The highest BCUT2D eigenvalue weighted by atomic mass is 16.5. The SMILES string of the molecule is CCC(C(=O)OCCO)c1ccccc1. The maximum Gasteiger partial charge on any atom is 0.313 e. The smallest absolute Gasteiger partial charge is 0.313 e. The molecule has 1 atom stereocenters. The number of carbonyl (C=O) groups excluding carboxylic acids is 1. The molecule has 0 saturated carbocycles. The monoisotopic (exact) mass is 208 g/mol. The number of rotatable bonds is 5. The molecule has 1 N–H and O–H groups in total. The Bertz CT molecular complexity index is 295. The molecular weight excluding hydrogens is 192 g/mol. The van der Waals surface area contributed by atoms with E-state index in [2.05, 4.69) is 0 Å². The fourth-order valence-electron chi connectivity index (χ4n) is 1.47. The van der Waals surface area contributed by atoms with Crippen LogP contribution in [0.15, 0.2) is 30.3 Å². The lowest BCUT2D eigenvalue weighted by atomic mass is 9.97. The van der Waals surface area contributed by atoms with Crippen molar-refractivity contribution in [2.24, 2.45) is 0 Å². The minimum atomic E-state index is -0.266. The van der Waals surface area contributed by atoms with E-state index in [9.17, 15) is 4.79 Å². The van der Waals surface area contributed by atoms with Crippen molar-refractivity contribution in [2.45, 2.75) is 19.3 Å². The Kier molecular flexibility index (Phi) is 4.84. The van der Waals surface area contributed by atoms with Gasteiger partial charge in [-0.3, -0.25) is 4.79 Å². The summed E-state index contributed by atoms with van der Waals surface area (Å²) in [7, 11) is 0. The van der Waals surface area contributed by atoms with Gasteiger partial charge in [-0.2, -0.15) is 0 Å². The maximum absolute atomic E-state index is 11.6. The van der Waals surface area contributed by atoms with Crippen LogP contribution in [0.4, 0.5) is 0 Å². The molecule has 15 heavy (non-hydrogen) atoms. The zero-order valence-electron chi connectivity index (χ0n) is 8.85. The summed E-state index contributed by atoms with van der Waals surface area (Å²) < 4.78 is 4.91. The van der Waals surface area contributed by atoms with Crippen LogP contribution in [0.25, 0.3) is 0 Å². The van der Waals surface area contributed by atoms with E-state index in [0.29, 0.717) is 6.42 Å². The van der Waals surface area contributed by atoms with Crippen molar-refractivity contribution in [3.8, 4) is 0 Å². The zero-order chi connectivity index (χ0) is 11.1. The quantitative estimate of drug-likeness (QED) is 0.749. The number of aliphatic hydroxyl groups excluding tert-OH is 1. The number of hydrogen-bond acceptors (Lipinski definition) is 3. The van der Waals surface area contributed by atoms with Gasteiger partial charge in [-0.05, 0) is 12.0 Å². The third-order valence-corrected chi connectivity index (χ3v) is 2.23. The van der Waals surface area contributed by atoms with Crippen LogP contribution in [0.1, 0.15) is 24.8 Å². The highest BCUT2D eigenvalue weighted by Crippen LogP contribution is 2.20. The first-order valence-electron chi connectivity index (χ1n) is 5.12.